The van der Waals surface area contributed by atoms with E-state index < -0.39 is 12.7 Å². The Morgan fingerprint density at radius 2 is 2.00 bits per heavy atom. The zero-order valence-electron chi connectivity index (χ0n) is 17.8. The van der Waals surface area contributed by atoms with Gasteiger partial charge in [0.2, 0.25) is 0 Å². The van der Waals surface area contributed by atoms with Gasteiger partial charge in [-0.3, -0.25) is 4.98 Å². The van der Waals surface area contributed by atoms with Gasteiger partial charge >= 0.3 is 6.18 Å². The molecule has 1 fully saturated rings. The summed E-state index contributed by atoms with van der Waals surface area (Å²) in [7, 11) is 2.10. The molecule has 1 aliphatic rings. The van der Waals surface area contributed by atoms with Crippen molar-refractivity contribution >= 4 is 22.4 Å². The van der Waals surface area contributed by atoms with Gasteiger partial charge in [-0.25, -0.2) is 4.98 Å². The molecule has 32 heavy (non-hydrogen) atoms. The Hall–Kier alpha value is -3.25. The number of halogens is 3. The summed E-state index contributed by atoms with van der Waals surface area (Å²) >= 11 is 0. The molecule has 0 amide bonds. The molecule has 0 saturated carbocycles. The molecule has 0 spiro atoms. The lowest BCUT2D eigenvalue weighted by molar-refractivity contribution is -0.140. The van der Waals surface area contributed by atoms with Gasteiger partial charge < -0.3 is 20.1 Å². The van der Waals surface area contributed by atoms with Crippen LogP contribution in [0, 0.1) is 11.8 Å². The quantitative estimate of drug-likeness (QED) is 0.586. The first-order valence-corrected chi connectivity index (χ1v) is 10.5. The number of rotatable bonds is 5. The maximum absolute atomic E-state index is 13.3. The van der Waals surface area contributed by atoms with Crippen molar-refractivity contribution < 1.29 is 13.2 Å². The van der Waals surface area contributed by atoms with Crippen molar-refractivity contribution in [2.24, 2.45) is 0 Å². The molecule has 2 aromatic heterocycles. The smallest absolute Gasteiger partial charge is 0.382 e. The Labute approximate surface area is 184 Å². The molecular weight excluding hydrogens is 417 g/mol. The number of benzene rings is 1. The number of hydrogen-bond acceptors (Lipinski definition) is 5. The predicted molar refractivity (Wildman–Crippen MR) is 120 cm³/mol. The Bertz CT molecular complexity index is 1110. The fraction of sp³-hybridized carbons (Fsp3) is 0.391. The van der Waals surface area contributed by atoms with Crippen LogP contribution in [0.2, 0.25) is 0 Å². The number of anilines is 2. The molecule has 3 aromatic rings. The van der Waals surface area contributed by atoms with Gasteiger partial charge in [0.1, 0.15) is 12.4 Å². The molecule has 0 aliphatic carbocycles. The highest BCUT2D eigenvalue weighted by Gasteiger charge is 2.30. The van der Waals surface area contributed by atoms with E-state index in [0.29, 0.717) is 23.1 Å². The summed E-state index contributed by atoms with van der Waals surface area (Å²) in [4.78, 5) is 10.3. The highest BCUT2D eigenvalue weighted by atomic mass is 19.4. The molecule has 4 rings (SSSR count). The minimum Gasteiger partial charge on any atom is -0.382 e. The number of fused-ring (bicyclic) bond motifs is 1. The zero-order valence-corrected chi connectivity index (χ0v) is 17.8. The van der Waals surface area contributed by atoms with Gasteiger partial charge in [0.05, 0.1) is 24.0 Å². The first-order valence-electron chi connectivity index (χ1n) is 10.5. The highest BCUT2D eigenvalue weighted by Crippen LogP contribution is 2.31. The van der Waals surface area contributed by atoms with Crippen LogP contribution in [-0.2, 0) is 6.54 Å². The van der Waals surface area contributed by atoms with Crippen LogP contribution in [0.1, 0.15) is 18.5 Å². The van der Waals surface area contributed by atoms with E-state index in [1.807, 2.05) is 6.07 Å². The lowest BCUT2D eigenvalue weighted by atomic mass is 10.0. The second-order valence-electron chi connectivity index (χ2n) is 7.94. The van der Waals surface area contributed by atoms with Gasteiger partial charge in [0.25, 0.3) is 0 Å². The molecule has 168 valence electrons. The van der Waals surface area contributed by atoms with Crippen LogP contribution in [0.3, 0.4) is 0 Å². The van der Waals surface area contributed by atoms with Crippen molar-refractivity contribution in [2.75, 3.05) is 37.3 Å². The van der Waals surface area contributed by atoms with Crippen molar-refractivity contribution in [1.29, 1.82) is 0 Å². The normalized spacial score (nSPS) is 15.4. The van der Waals surface area contributed by atoms with Gasteiger partial charge in [-0.05, 0) is 57.1 Å². The molecule has 0 atom stereocenters. The number of aromatic nitrogens is 3. The van der Waals surface area contributed by atoms with Crippen molar-refractivity contribution in [3.63, 3.8) is 0 Å². The SMILES string of the molecule is CN1CCC(Nc2cccc3c2cc(C#CCNc2cnccn2)n3CC(F)(F)F)CC1. The Balaban J connectivity index is 1.60. The molecule has 0 bridgehead atoms. The van der Waals surface area contributed by atoms with Crippen LogP contribution in [0.25, 0.3) is 10.9 Å². The maximum atomic E-state index is 13.3. The molecule has 0 radical (unpaired) electrons. The van der Waals surface area contributed by atoms with Crippen molar-refractivity contribution in [1.82, 2.24) is 19.4 Å². The fourth-order valence-electron chi connectivity index (χ4n) is 3.90. The Morgan fingerprint density at radius 1 is 1.19 bits per heavy atom. The summed E-state index contributed by atoms with van der Waals surface area (Å²) in [6.45, 7) is 1.15. The third-order valence-corrected chi connectivity index (χ3v) is 5.50. The molecule has 6 nitrogen and oxygen atoms in total. The molecule has 0 unspecified atom stereocenters. The van der Waals surface area contributed by atoms with Crippen LogP contribution < -0.4 is 10.6 Å². The minimum atomic E-state index is -4.35. The second-order valence-corrected chi connectivity index (χ2v) is 7.94. The van der Waals surface area contributed by atoms with Gasteiger partial charge in [-0.15, -0.1) is 0 Å². The lowest BCUT2D eigenvalue weighted by Crippen LogP contribution is -2.36. The largest absolute Gasteiger partial charge is 0.406 e. The lowest BCUT2D eigenvalue weighted by Gasteiger charge is -2.30. The monoisotopic (exact) mass is 442 g/mol. The van der Waals surface area contributed by atoms with Crippen molar-refractivity contribution in [2.45, 2.75) is 31.6 Å². The third kappa shape index (κ3) is 5.51. The van der Waals surface area contributed by atoms with Crippen LogP contribution in [-0.4, -0.2) is 58.3 Å². The summed E-state index contributed by atoms with van der Waals surface area (Å²) in [6, 6.07) is 7.47. The molecule has 9 heteroatoms. The van der Waals surface area contributed by atoms with E-state index >= 15 is 0 Å². The van der Waals surface area contributed by atoms with E-state index in [-0.39, 0.29) is 6.54 Å². The molecule has 2 N–H and O–H groups in total. The number of piperidine rings is 1. The van der Waals surface area contributed by atoms with E-state index in [9.17, 15) is 13.2 Å². The van der Waals surface area contributed by atoms with E-state index in [2.05, 4.69) is 44.4 Å². The van der Waals surface area contributed by atoms with E-state index in [1.165, 1.54) is 4.57 Å². The average molecular weight is 442 g/mol. The van der Waals surface area contributed by atoms with Crippen LogP contribution in [0.15, 0.2) is 42.9 Å². The molecule has 1 aliphatic heterocycles. The van der Waals surface area contributed by atoms with Crippen LogP contribution in [0.5, 0.6) is 0 Å². The van der Waals surface area contributed by atoms with Crippen LogP contribution >= 0.6 is 0 Å². The number of nitrogens with one attached hydrogen (secondary N) is 2. The standard InChI is InChI=1S/C23H25F3N6/c1-31-12-7-17(8-13-31)30-20-5-2-6-21-19(20)14-18(32(21)16-23(24,25)26)4-3-9-28-22-15-27-10-11-29-22/h2,5-6,10-11,14-15,17,30H,7-9,12-13,16H2,1H3,(H,28,29). The zero-order chi connectivity index (χ0) is 22.6. The van der Waals surface area contributed by atoms with Gasteiger partial charge in [0.15, 0.2) is 0 Å². The first kappa shape index (κ1) is 22.0. The fourth-order valence-corrected chi connectivity index (χ4v) is 3.90. The topological polar surface area (TPSA) is 58.0 Å². The molecule has 1 saturated heterocycles. The van der Waals surface area contributed by atoms with Crippen molar-refractivity contribution in [3.05, 3.63) is 48.5 Å². The summed E-state index contributed by atoms with van der Waals surface area (Å²) in [5.41, 5.74) is 1.70. The Kier molecular flexibility index (Phi) is 6.51. The predicted octanol–water partition coefficient (Wildman–Crippen LogP) is 3.96. The Morgan fingerprint density at radius 3 is 2.72 bits per heavy atom. The van der Waals surface area contributed by atoms with Gasteiger partial charge in [-0.2, -0.15) is 13.2 Å². The minimum absolute atomic E-state index is 0.243. The third-order valence-electron chi connectivity index (χ3n) is 5.50. The number of nitrogens with zero attached hydrogens (tertiary/aromatic N) is 4. The summed E-state index contributed by atoms with van der Waals surface area (Å²) < 4.78 is 41.2. The maximum Gasteiger partial charge on any atom is 0.406 e. The first-order chi connectivity index (χ1) is 15.4. The van der Waals surface area contributed by atoms with Gasteiger partial charge in [0, 0.05) is 29.5 Å². The average Bonchev–Trinajstić information content (AvgIpc) is 3.10. The van der Waals surface area contributed by atoms with Gasteiger partial charge in [-0.1, -0.05) is 12.0 Å². The van der Waals surface area contributed by atoms with E-state index in [1.54, 1.807) is 36.8 Å². The second kappa shape index (κ2) is 9.49. The summed E-state index contributed by atoms with van der Waals surface area (Å²) in [5.74, 6) is 6.36. The van der Waals surface area contributed by atoms with Crippen molar-refractivity contribution in [3.8, 4) is 11.8 Å². The van der Waals surface area contributed by atoms with Crippen LogP contribution in [0.4, 0.5) is 24.7 Å². The summed E-state index contributed by atoms with van der Waals surface area (Å²) in [6.07, 6.45) is 2.31. The molecular formula is C23H25F3N6. The molecule has 1 aromatic carbocycles. The number of hydrogen-bond donors (Lipinski definition) is 2. The van der Waals surface area contributed by atoms with E-state index in [0.717, 1.165) is 37.0 Å². The molecule has 3 heterocycles. The number of alkyl halides is 3. The summed E-state index contributed by atoms with van der Waals surface area (Å²) in [5, 5.41) is 7.28. The highest BCUT2D eigenvalue weighted by molar-refractivity contribution is 5.94. The number of likely N-dealkylation sites (tertiary alicyclic amines) is 1. The van der Waals surface area contributed by atoms with E-state index in [4.69, 9.17) is 0 Å².